The number of aliphatic hydroxyl groups is 1. The Kier molecular flexibility index (Phi) is 7.02. The molecular weight excluding hydrogens is 388 g/mol. The minimum atomic E-state index is -1.00. The number of pyridine rings is 2. The first-order valence-electron chi connectivity index (χ1n) is 10.5. The zero-order valence-corrected chi connectivity index (χ0v) is 18.6. The van der Waals surface area contributed by atoms with Crippen LogP contribution in [-0.4, -0.2) is 52.6 Å². The summed E-state index contributed by atoms with van der Waals surface area (Å²) in [5.74, 6) is 0.666. The van der Waals surface area contributed by atoms with Crippen LogP contribution in [0.4, 0.5) is 5.82 Å². The Hall–Kier alpha value is -3.25. The van der Waals surface area contributed by atoms with Crippen molar-refractivity contribution in [3.63, 3.8) is 0 Å². The summed E-state index contributed by atoms with van der Waals surface area (Å²) in [6.45, 7) is 7.12. The van der Waals surface area contributed by atoms with Gasteiger partial charge in [0.2, 0.25) is 0 Å². The fourth-order valence-electron chi connectivity index (χ4n) is 3.34. The second-order valence-electron chi connectivity index (χ2n) is 8.01. The third-order valence-electron chi connectivity index (χ3n) is 5.22. The summed E-state index contributed by atoms with van der Waals surface area (Å²) < 4.78 is 0. The molecule has 2 aromatic heterocycles. The number of likely N-dealkylation sites (N-methyl/N-ethyl adjacent to an activating group) is 2. The van der Waals surface area contributed by atoms with Gasteiger partial charge in [0.15, 0.2) is 0 Å². The maximum absolute atomic E-state index is 13.3. The highest BCUT2D eigenvalue weighted by Gasteiger charge is 2.21. The summed E-state index contributed by atoms with van der Waals surface area (Å²) in [6, 6.07) is 19.2. The van der Waals surface area contributed by atoms with E-state index < -0.39 is 5.60 Å². The van der Waals surface area contributed by atoms with Crippen molar-refractivity contribution in [1.82, 2.24) is 14.9 Å². The van der Waals surface area contributed by atoms with Gasteiger partial charge in [-0.2, -0.15) is 0 Å². The van der Waals surface area contributed by atoms with Crippen LogP contribution < -0.4 is 4.90 Å². The third-order valence-corrected chi connectivity index (χ3v) is 5.22. The molecule has 0 atom stereocenters. The van der Waals surface area contributed by atoms with Crippen molar-refractivity contribution in [2.24, 2.45) is 0 Å². The standard InChI is InChI=1S/C25H30N4O2/c1-5-29(18-17-28(4)22-15-9-14-21(27-22)25(2,3)31)24(30)23-20(13-10-16-26-23)19-11-7-6-8-12-19/h6-16,31H,5,17-18H2,1-4H3. The van der Waals surface area contributed by atoms with Crippen LogP contribution in [0.3, 0.4) is 0 Å². The summed E-state index contributed by atoms with van der Waals surface area (Å²) in [4.78, 5) is 26.1. The number of carbonyl (C=O) groups is 1. The van der Waals surface area contributed by atoms with Gasteiger partial charge >= 0.3 is 0 Å². The van der Waals surface area contributed by atoms with Gasteiger partial charge in [0, 0.05) is 38.4 Å². The monoisotopic (exact) mass is 418 g/mol. The van der Waals surface area contributed by atoms with Crippen LogP contribution in [0.2, 0.25) is 0 Å². The zero-order valence-electron chi connectivity index (χ0n) is 18.6. The number of carbonyl (C=O) groups excluding carboxylic acids is 1. The predicted molar refractivity (Wildman–Crippen MR) is 124 cm³/mol. The number of anilines is 1. The molecule has 1 aromatic carbocycles. The quantitative estimate of drug-likeness (QED) is 0.599. The maximum atomic E-state index is 13.3. The first-order valence-corrected chi connectivity index (χ1v) is 10.5. The van der Waals surface area contributed by atoms with Crippen molar-refractivity contribution >= 4 is 11.7 Å². The second kappa shape index (κ2) is 9.71. The largest absolute Gasteiger partial charge is 0.384 e. The highest BCUT2D eigenvalue weighted by molar-refractivity contribution is 5.98. The van der Waals surface area contributed by atoms with Crippen LogP contribution in [0.5, 0.6) is 0 Å². The van der Waals surface area contributed by atoms with Crippen molar-refractivity contribution in [2.45, 2.75) is 26.4 Å². The number of benzene rings is 1. The highest BCUT2D eigenvalue weighted by Crippen LogP contribution is 2.23. The molecule has 0 saturated carbocycles. The summed E-state index contributed by atoms with van der Waals surface area (Å²) in [5.41, 5.74) is 1.87. The van der Waals surface area contributed by atoms with Crippen molar-refractivity contribution < 1.29 is 9.90 Å². The average Bonchev–Trinajstić information content (AvgIpc) is 2.79. The van der Waals surface area contributed by atoms with Crippen LogP contribution >= 0.6 is 0 Å². The summed E-state index contributed by atoms with van der Waals surface area (Å²) in [5, 5.41) is 10.2. The third kappa shape index (κ3) is 5.47. The normalized spacial score (nSPS) is 11.3. The Morgan fingerprint density at radius 3 is 2.42 bits per heavy atom. The van der Waals surface area contributed by atoms with Crippen molar-refractivity contribution in [1.29, 1.82) is 0 Å². The van der Waals surface area contributed by atoms with E-state index in [0.717, 1.165) is 16.9 Å². The van der Waals surface area contributed by atoms with E-state index >= 15 is 0 Å². The van der Waals surface area contributed by atoms with Gasteiger partial charge in [-0.25, -0.2) is 4.98 Å². The Labute approximate surface area is 184 Å². The van der Waals surface area contributed by atoms with Crippen LogP contribution in [0, 0.1) is 0 Å². The van der Waals surface area contributed by atoms with Crippen LogP contribution in [0.1, 0.15) is 37.0 Å². The molecular formula is C25H30N4O2. The van der Waals surface area contributed by atoms with E-state index in [-0.39, 0.29) is 5.91 Å². The number of rotatable bonds is 8. The topological polar surface area (TPSA) is 69.6 Å². The van der Waals surface area contributed by atoms with Crippen LogP contribution in [-0.2, 0) is 5.60 Å². The molecule has 0 aliphatic rings. The van der Waals surface area contributed by atoms with Crippen molar-refractivity contribution in [2.75, 3.05) is 31.6 Å². The summed E-state index contributed by atoms with van der Waals surface area (Å²) in [6.07, 6.45) is 1.66. The molecule has 0 saturated heterocycles. The molecule has 6 heteroatoms. The predicted octanol–water partition coefficient (Wildman–Crippen LogP) is 3.97. The molecule has 1 amide bonds. The van der Waals surface area contributed by atoms with Crippen LogP contribution in [0.25, 0.3) is 11.1 Å². The molecule has 1 N–H and O–H groups in total. The molecule has 0 spiro atoms. The van der Waals surface area contributed by atoms with Gasteiger partial charge in [-0.05, 0) is 44.5 Å². The Morgan fingerprint density at radius 2 is 1.74 bits per heavy atom. The second-order valence-corrected chi connectivity index (χ2v) is 8.01. The van der Waals surface area contributed by atoms with Crippen LogP contribution in [0.15, 0.2) is 66.9 Å². The highest BCUT2D eigenvalue weighted by atomic mass is 16.3. The molecule has 0 aliphatic carbocycles. The van der Waals surface area contributed by atoms with E-state index in [1.165, 1.54) is 0 Å². The molecule has 0 bridgehead atoms. The lowest BCUT2D eigenvalue weighted by atomic mass is 10.0. The Bertz CT molecular complexity index is 1020. The minimum absolute atomic E-state index is 0.0893. The van der Waals surface area contributed by atoms with E-state index in [4.69, 9.17) is 0 Å². The fraction of sp³-hybridized carbons (Fsp3) is 0.320. The van der Waals surface area contributed by atoms with E-state index in [1.807, 2.05) is 79.5 Å². The zero-order chi connectivity index (χ0) is 22.4. The lowest BCUT2D eigenvalue weighted by Gasteiger charge is -2.26. The molecule has 3 rings (SSSR count). The average molecular weight is 419 g/mol. The van der Waals surface area contributed by atoms with E-state index in [0.29, 0.717) is 31.0 Å². The molecule has 2 heterocycles. The van der Waals surface area contributed by atoms with Gasteiger partial charge < -0.3 is 14.9 Å². The molecule has 6 nitrogen and oxygen atoms in total. The summed E-state index contributed by atoms with van der Waals surface area (Å²) >= 11 is 0. The van der Waals surface area contributed by atoms with Gasteiger partial charge in [0.25, 0.3) is 5.91 Å². The van der Waals surface area contributed by atoms with Gasteiger partial charge in [-0.15, -0.1) is 0 Å². The molecule has 0 aliphatic heterocycles. The minimum Gasteiger partial charge on any atom is -0.384 e. The van der Waals surface area contributed by atoms with Gasteiger partial charge in [-0.1, -0.05) is 42.5 Å². The molecule has 0 fully saturated rings. The van der Waals surface area contributed by atoms with E-state index in [9.17, 15) is 9.90 Å². The van der Waals surface area contributed by atoms with Gasteiger partial charge in [0.1, 0.15) is 17.1 Å². The summed E-state index contributed by atoms with van der Waals surface area (Å²) in [7, 11) is 1.94. The molecule has 0 unspecified atom stereocenters. The Morgan fingerprint density at radius 1 is 1.00 bits per heavy atom. The molecule has 3 aromatic rings. The maximum Gasteiger partial charge on any atom is 0.273 e. The smallest absolute Gasteiger partial charge is 0.273 e. The molecule has 162 valence electrons. The number of hydrogen-bond donors (Lipinski definition) is 1. The van der Waals surface area contributed by atoms with E-state index in [1.54, 1.807) is 24.9 Å². The Balaban J connectivity index is 1.75. The number of aromatic nitrogens is 2. The number of hydrogen-bond acceptors (Lipinski definition) is 5. The lowest BCUT2D eigenvalue weighted by molar-refractivity contribution is 0.0739. The first kappa shape index (κ1) is 22.4. The molecule has 31 heavy (non-hydrogen) atoms. The lowest BCUT2D eigenvalue weighted by Crippen LogP contribution is -2.38. The van der Waals surface area contributed by atoms with Gasteiger partial charge in [-0.3, -0.25) is 9.78 Å². The van der Waals surface area contributed by atoms with Crippen molar-refractivity contribution in [3.8, 4) is 11.1 Å². The first-order chi connectivity index (χ1) is 14.8. The van der Waals surface area contributed by atoms with E-state index in [2.05, 4.69) is 9.97 Å². The molecule has 0 radical (unpaired) electrons. The fourth-order valence-corrected chi connectivity index (χ4v) is 3.34. The number of amides is 1. The van der Waals surface area contributed by atoms with Crippen molar-refractivity contribution in [3.05, 3.63) is 78.2 Å². The number of nitrogens with zero attached hydrogens (tertiary/aromatic N) is 4. The SMILES string of the molecule is CCN(CCN(C)c1cccc(C(C)(C)O)n1)C(=O)c1ncccc1-c1ccccc1. The van der Waals surface area contributed by atoms with Gasteiger partial charge in [0.05, 0.1) is 5.69 Å².